The maximum Gasteiger partial charge on any atom is 0.432 e. The number of aromatic nitrogens is 4. The number of likely N-dealkylation sites (N-methyl/N-ethyl adjacent to an activating group) is 1. The summed E-state index contributed by atoms with van der Waals surface area (Å²) in [6, 6.07) is 0. The fourth-order valence-corrected chi connectivity index (χ4v) is 2.86. The van der Waals surface area contributed by atoms with Crippen molar-refractivity contribution in [3.8, 4) is 10.8 Å². The minimum atomic E-state index is -4.43. The van der Waals surface area contributed by atoms with Crippen LogP contribution in [0.1, 0.15) is 5.69 Å². The number of piperazine rings is 1. The van der Waals surface area contributed by atoms with Gasteiger partial charge >= 0.3 is 6.18 Å². The summed E-state index contributed by atoms with van der Waals surface area (Å²) in [5, 5.41) is 9.05. The lowest BCUT2D eigenvalue weighted by Crippen LogP contribution is -2.44. The lowest BCUT2D eigenvalue weighted by molar-refractivity contribution is -0.140. The number of alkyl halides is 3. The monoisotopic (exact) mass is 318 g/mol. The molecule has 2 aromatic heterocycles. The topological polar surface area (TPSA) is 60.9 Å². The number of rotatable bonds is 2. The first kappa shape index (κ1) is 14.3. The van der Waals surface area contributed by atoms with Crippen molar-refractivity contribution >= 4 is 16.5 Å². The summed E-state index contributed by atoms with van der Waals surface area (Å²) < 4.78 is 37.6. The summed E-state index contributed by atoms with van der Waals surface area (Å²) in [7, 11) is 2.05. The van der Waals surface area contributed by atoms with Gasteiger partial charge in [0.15, 0.2) is 10.8 Å². The Morgan fingerprint density at radius 1 is 1.19 bits per heavy atom. The average molecular weight is 318 g/mol. The molecule has 114 valence electrons. The molecule has 3 rings (SSSR count). The Balaban J connectivity index is 1.77. The van der Waals surface area contributed by atoms with Crippen LogP contribution in [0.5, 0.6) is 0 Å². The largest absolute Gasteiger partial charge is 0.432 e. The minimum absolute atomic E-state index is 0.0974. The molecule has 0 aliphatic carbocycles. The second kappa shape index (κ2) is 5.26. The third-order valence-electron chi connectivity index (χ3n) is 3.27. The molecule has 0 aromatic carbocycles. The molecule has 1 aliphatic heterocycles. The molecule has 0 atom stereocenters. The van der Waals surface area contributed by atoms with Crippen LogP contribution >= 0.6 is 11.3 Å². The van der Waals surface area contributed by atoms with Gasteiger partial charge in [0.25, 0.3) is 0 Å². The van der Waals surface area contributed by atoms with E-state index < -0.39 is 11.9 Å². The predicted octanol–water partition coefficient (Wildman–Crippen LogP) is 1.70. The van der Waals surface area contributed by atoms with E-state index in [1.54, 1.807) is 0 Å². The van der Waals surface area contributed by atoms with Crippen molar-refractivity contribution in [2.45, 2.75) is 6.18 Å². The Bertz CT molecular complexity index is 614. The summed E-state index contributed by atoms with van der Waals surface area (Å²) in [6.45, 7) is 3.51. The highest BCUT2D eigenvalue weighted by molar-refractivity contribution is 7.18. The van der Waals surface area contributed by atoms with E-state index in [1.807, 2.05) is 7.05 Å². The second-order valence-electron chi connectivity index (χ2n) is 4.82. The summed E-state index contributed by atoms with van der Waals surface area (Å²) >= 11 is 1.24. The molecule has 1 fully saturated rings. The average Bonchev–Trinajstić information content (AvgIpc) is 3.07. The number of hydrogen-bond acceptors (Lipinski definition) is 6. The molecule has 0 unspecified atom stereocenters. The van der Waals surface area contributed by atoms with E-state index in [0.717, 1.165) is 32.4 Å². The number of nitrogens with one attached hydrogen (secondary N) is 1. The molecule has 10 heteroatoms. The van der Waals surface area contributed by atoms with Gasteiger partial charge in [-0.05, 0) is 7.05 Å². The third-order valence-corrected chi connectivity index (χ3v) is 4.26. The van der Waals surface area contributed by atoms with Crippen LogP contribution in [0, 0.1) is 0 Å². The lowest BCUT2D eigenvalue weighted by Gasteiger charge is -2.31. The first-order valence-corrected chi connectivity index (χ1v) is 7.15. The van der Waals surface area contributed by atoms with Crippen molar-refractivity contribution < 1.29 is 13.2 Å². The van der Waals surface area contributed by atoms with Crippen molar-refractivity contribution in [3.63, 3.8) is 0 Å². The second-order valence-corrected chi connectivity index (χ2v) is 5.78. The quantitative estimate of drug-likeness (QED) is 0.913. The van der Waals surface area contributed by atoms with Gasteiger partial charge < -0.3 is 14.8 Å². The Morgan fingerprint density at radius 3 is 2.52 bits per heavy atom. The van der Waals surface area contributed by atoms with Crippen LogP contribution in [0.2, 0.25) is 0 Å². The number of halogens is 3. The summed E-state index contributed by atoms with van der Waals surface area (Å²) in [4.78, 5) is 10.3. The molecular weight excluding hydrogens is 305 g/mol. The van der Waals surface area contributed by atoms with Crippen LogP contribution in [-0.4, -0.2) is 58.3 Å². The van der Waals surface area contributed by atoms with E-state index in [9.17, 15) is 13.2 Å². The molecule has 0 bridgehead atoms. The lowest BCUT2D eigenvalue weighted by atomic mass is 10.3. The van der Waals surface area contributed by atoms with Gasteiger partial charge in [0.2, 0.25) is 5.13 Å². The first-order valence-electron chi connectivity index (χ1n) is 6.33. The zero-order chi connectivity index (χ0) is 15.0. The Kier molecular flexibility index (Phi) is 3.57. The van der Waals surface area contributed by atoms with Crippen LogP contribution in [0.4, 0.5) is 18.3 Å². The van der Waals surface area contributed by atoms with Crippen molar-refractivity contribution in [2.75, 3.05) is 38.1 Å². The van der Waals surface area contributed by atoms with E-state index >= 15 is 0 Å². The highest BCUT2D eigenvalue weighted by atomic mass is 32.1. The van der Waals surface area contributed by atoms with Crippen LogP contribution in [-0.2, 0) is 6.18 Å². The van der Waals surface area contributed by atoms with Crippen molar-refractivity contribution in [1.82, 2.24) is 25.1 Å². The van der Waals surface area contributed by atoms with Crippen molar-refractivity contribution in [2.24, 2.45) is 0 Å². The molecule has 0 amide bonds. The first-order chi connectivity index (χ1) is 9.93. The van der Waals surface area contributed by atoms with Gasteiger partial charge in [0.05, 0.1) is 6.20 Å². The summed E-state index contributed by atoms with van der Waals surface area (Å²) in [6.07, 6.45) is -3.66. The maximum atomic E-state index is 12.5. The predicted molar refractivity (Wildman–Crippen MR) is 72.2 cm³/mol. The molecular formula is C11H13F3N6S. The Morgan fingerprint density at radius 2 is 1.90 bits per heavy atom. The minimum Gasteiger partial charge on any atom is -0.344 e. The number of aromatic amines is 1. The molecule has 21 heavy (non-hydrogen) atoms. The highest BCUT2D eigenvalue weighted by Crippen LogP contribution is 2.31. The molecule has 1 N–H and O–H groups in total. The molecule has 3 heterocycles. The Labute approximate surface area is 122 Å². The van der Waals surface area contributed by atoms with Gasteiger partial charge in [-0.1, -0.05) is 11.3 Å². The number of hydrogen-bond donors (Lipinski definition) is 1. The van der Waals surface area contributed by atoms with Crippen LogP contribution < -0.4 is 4.90 Å². The van der Waals surface area contributed by atoms with Gasteiger partial charge in [0, 0.05) is 26.2 Å². The fraction of sp³-hybridized carbons (Fsp3) is 0.545. The Hall–Kier alpha value is -1.68. The van der Waals surface area contributed by atoms with E-state index in [-0.39, 0.29) is 5.82 Å². The zero-order valence-corrected chi connectivity index (χ0v) is 12.0. The zero-order valence-electron chi connectivity index (χ0n) is 11.2. The standard InChI is InChI=1S/C11H13F3N6S/c1-19-2-4-20(5-3-19)10-18-17-9(21-10)8-15-6-7(16-8)11(12,13)14/h6H,2-5H2,1H3,(H,15,16). The SMILES string of the molecule is CN1CCN(c2nnc(-c3ncc(C(F)(F)F)[nH]3)s2)CC1. The molecule has 0 radical (unpaired) electrons. The number of imidazole rings is 1. The molecule has 1 aliphatic rings. The van der Waals surface area contributed by atoms with Crippen molar-refractivity contribution in [3.05, 3.63) is 11.9 Å². The van der Waals surface area contributed by atoms with Crippen LogP contribution in [0.3, 0.4) is 0 Å². The van der Waals surface area contributed by atoms with Crippen LogP contribution in [0.25, 0.3) is 10.8 Å². The van der Waals surface area contributed by atoms with E-state index in [1.165, 1.54) is 11.3 Å². The molecule has 6 nitrogen and oxygen atoms in total. The van der Waals surface area contributed by atoms with Crippen LogP contribution in [0.15, 0.2) is 6.20 Å². The van der Waals surface area contributed by atoms with E-state index in [0.29, 0.717) is 10.1 Å². The molecule has 0 spiro atoms. The number of anilines is 1. The summed E-state index contributed by atoms with van der Waals surface area (Å²) in [5.74, 6) is 0.0974. The molecule has 1 saturated heterocycles. The van der Waals surface area contributed by atoms with Crippen molar-refractivity contribution in [1.29, 1.82) is 0 Å². The van der Waals surface area contributed by atoms with Gasteiger partial charge in [-0.2, -0.15) is 13.2 Å². The van der Waals surface area contributed by atoms with Gasteiger partial charge in [0.1, 0.15) is 5.69 Å². The number of H-pyrrole nitrogens is 1. The van der Waals surface area contributed by atoms with E-state index in [4.69, 9.17) is 0 Å². The fourth-order valence-electron chi connectivity index (χ4n) is 2.01. The molecule has 2 aromatic rings. The smallest absolute Gasteiger partial charge is 0.344 e. The number of nitrogens with zero attached hydrogens (tertiary/aromatic N) is 5. The van der Waals surface area contributed by atoms with E-state index in [2.05, 4.69) is 30.0 Å². The third kappa shape index (κ3) is 3.00. The molecule has 0 saturated carbocycles. The van der Waals surface area contributed by atoms with Gasteiger partial charge in [-0.3, -0.25) is 0 Å². The highest BCUT2D eigenvalue weighted by Gasteiger charge is 2.33. The normalized spacial score (nSPS) is 17.4. The summed E-state index contributed by atoms with van der Waals surface area (Å²) in [5.41, 5.74) is -0.881. The van der Waals surface area contributed by atoms with Gasteiger partial charge in [-0.15, -0.1) is 10.2 Å². The maximum absolute atomic E-state index is 12.5. The van der Waals surface area contributed by atoms with Gasteiger partial charge in [-0.25, -0.2) is 4.98 Å².